The van der Waals surface area contributed by atoms with E-state index in [4.69, 9.17) is 0 Å². The fraction of sp³-hybridized carbons (Fsp3) is 1.00. The van der Waals surface area contributed by atoms with Gasteiger partial charge in [0.05, 0.1) is 0 Å². The average molecular weight is 168 g/mol. The predicted molar refractivity (Wildman–Crippen MR) is 51.2 cm³/mol. The van der Waals surface area contributed by atoms with Crippen molar-refractivity contribution in [3.63, 3.8) is 0 Å². The Labute approximate surface area is 75.3 Å². The molecule has 70 valence electrons. The van der Waals surface area contributed by atoms with Crippen molar-refractivity contribution in [2.24, 2.45) is 5.92 Å². The molecule has 1 unspecified atom stereocenters. The summed E-state index contributed by atoms with van der Waals surface area (Å²) < 4.78 is 0. The molecular weight excluding hydrogens is 148 g/mol. The van der Waals surface area contributed by atoms with Crippen molar-refractivity contribution in [3.05, 3.63) is 0 Å². The van der Waals surface area contributed by atoms with Crippen LogP contribution >= 0.6 is 0 Å². The van der Waals surface area contributed by atoms with Gasteiger partial charge in [-0.05, 0) is 25.7 Å². The summed E-state index contributed by atoms with van der Waals surface area (Å²) in [6.07, 6.45) is 4.45. The molecule has 0 bridgehead atoms. The van der Waals surface area contributed by atoms with E-state index in [1.807, 2.05) is 0 Å². The Balaban J connectivity index is 1.71. The van der Waals surface area contributed by atoms with E-state index < -0.39 is 0 Å². The monoisotopic (exact) mass is 168 g/mol. The largest absolute Gasteiger partial charge is 0.312 e. The van der Waals surface area contributed by atoms with Crippen molar-refractivity contribution < 1.29 is 0 Å². The zero-order chi connectivity index (χ0) is 8.39. The molecule has 2 rings (SSSR count). The zero-order valence-corrected chi connectivity index (χ0v) is 8.05. The Morgan fingerprint density at radius 2 is 2.25 bits per heavy atom. The molecule has 2 heteroatoms. The van der Waals surface area contributed by atoms with Crippen molar-refractivity contribution in [2.75, 3.05) is 26.2 Å². The van der Waals surface area contributed by atoms with Gasteiger partial charge in [-0.15, -0.1) is 0 Å². The van der Waals surface area contributed by atoms with Gasteiger partial charge in [-0.1, -0.05) is 6.42 Å². The summed E-state index contributed by atoms with van der Waals surface area (Å²) in [5, 5.41) is 3.48. The minimum Gasteiger partial charge on any atom is -0.312 e. The highest BCUT2D eigenvalue weighted by Gasteiger charge is 2.23. The molecule has 1 N–H and O–H groups in total. The van der Waals surface area contributed by atoms with E-state index in [1.165, 1.54) is 45.4 Å². The molecule has 1 saturated heterocycles. The Morgan fingerprint density at radius 3 is 2.83 bits per heavy atom. The molecule has 0 amide bonds. The van der Waals surface area contributed by atoms with Crippen LogP contribution in [0.5, 0.6) is 0 Å². The Morgan fingerprint density at radius 1 is 1.42 bits per heavy atom. The van der Waals surface area contributed by atoms with Gasteiger partial charge in [0.1, 0.15) is 0 Å². The van der Waals surface area contributed by atoms with Crippen molar-refractivity contribution in [1.82, 2.24) is 10.2 Å². The lowest BCUT2D eigenvalue weighted by molar-refractivity contribution is 0.144. The quantitative estimate of drug-likeness (QED) is 0.664. The fourth-order valence-corrected chi connectivity index (χ4v) is 2.22. The third-order valence-corrected chi connectivity index (χ3v) is 3.19. The number of hydrogen-bond acceptors (Lipinski definition) is 2. The first-order chi connectivity index (χ1) is 5.84. The van der Waals surface area contributed by atoms with E-state index in [0.29, 0.717) is 6.04 Å². The molecule has 2 fully saturated rings. The first-order valence-electron chi connectivity index (χ1n) is 5.30. The number of nitrogens with zero attached hydrogens (tertiary/aromatic N) is 1. The molecule has 0 aromatic rings. The molecule has 1 aliphatic heterocycles. The minimum absolute atomic E-state index is 0.707. The number of piperazine rings is 1. The topological polar surface area (TPSA) is 15.3 Å². The van der Waals surface area contributed by atoms with Gasteiger partial charge < -0.3 is 10.2 Å². The summed E-state index contributed by atoms with van der Waals surface area (Å²) in [5.74, 6) is 1.04. The van der Waals surface area contributed by atoms with Crippen LogP contribution in [0.4, 0.5) is 0 Å². The number of rotatable bonds is 2. The van der Waals surface area contributed by atoms with Gasteiger partial charge in [0.15, 0.2) is 0 Å². The van der Waals surface area contributed by atoms with Gasteiger partial charge in [-0.3, -0.25) is 0 Å². The average Bonchev–Trinajstić information content (AvgIpc) is 1.97. The predicted octanol–water partition coefficient (Wildman–Crippen LogP) is 1.08. The SMILES string of the molecule is CC1CN(CC2CCC2)CCN1. The Bertz CT molecular complexity index is 143. The lowest BCUT2D eigenvalue weighted by Gasteiger charge is -2.37. The Hall–Kier alpha value is -0.0800. The molecule has 1 saturated carbocycles. The van der Waals surface area contributed by atoms with Crippen LogP contribution in [-0.4, -0.2) is 37.1 Å². The lowest BCUT2D eigenvalue weighted by atomic mass is 9.85. The van der Waals surface area contributed by atoms with Gasteiger partial charge in [-0.25, -0.2) is 0 Å². The molecule has 0 spiro atoms. The van der Waals surface area contributed by atoms with Crippen LogP contribution in [0.3, 0.4) is 0 Å². The maximum absolute atomic E-state index is 3.48. The maximum Gasteiger partial charge on any atom is 0.0167 e. The van der Waals surface area contributed by atoms with Gasteiger partial charge in [-0.2, -0.15) is 0 Å². The van der Waals surface area contributed by atoms with Crippen molar-refractivity contribution in [1.29, 1.82) is 0 Å². The molecule has 0 aromatic carbocycles. The third-order valence-electron chi connectivity index (χ3n) is 3.19. The van der Waals surface area contributed by atoms with Crippen LogP contribution in [0.1, 0.15) is 26.2 Å². The molecule has 1 aliphatic carbocycles. The van der Waals surface area contributed by atoms with Gasteiger partial charge in [0, 0.05) is 32.2 Å². The highest BCUT2D eigenvalue weighted by molar-refractivity contribution is 4.79. The lowest BCUT2D eigenvalue weighted by Crippen LogP contribution is -2.50. The van der Waals surface area contributed by atoms with Crippen LogP contribution in [0, 0.1) is 5.92 Å². The van der Waals surface area contributed by atoms with E-state index in [0.717, 1.165) is 5.92 Å². The van der Waals surface area contributed by atoms with Crippen LogP contribution in [0.2, 0.25) is 0 Å². The summed E-state index contributed by atoms with van der Waals surface area (Å²) >= 11 is 0. The van der Waals surface area contributed by atoms with Crippen molar-refractivity contribution >= 4 is 0 Å². The smallest absolute Gasteiger partial charge is 0.0167 e. The second-order valence-corrected chi connectivity index (χ2v) is 4.41. The van der Waals surface area contributed by atoms with E-state index in [-0.39, 0.29) is 0 Å². The standard InChI is InChI=1S/C10H20N2/c1-9-7-12(6-5-11-9)8-10-3-2-4-10/h9-11H,2-8H2,1H3. The highest BCUT2D eigenvalue weighted by atomic mass is 15.2. The van der Waals surface area contributed by atoms with Gasteiger partial charge in [0.2, 0.25) is 0 Å². The molecular formula is C10H20N2. The van der Waals surface area contributed by atoms with Gasteiger partial charge >= 0.3 is 0 Å². The summed E-state index contributed by atoms with van der Waals surface area (Å²) in [7, 11) is 0. The van der Waals surface area contributed by atoms with Gasteiger partial charge in [0.25, 0.3) is 0 Å². The molecule has 0 radical (unpaired) electrons. The number of nitrogens with one attached hydrogen (secondary N) is 1. The second-order valence-electron chi connectivity index (χ2n) is 4.41. The van der Waals surface area contributed by atoms with E-state index >= 15 is 0 Å². The Kier molecular flexibility index (Phi) is 2.66. The summed E-state index contributed by atoms with van der Waals surface area (Å²) in [4.78, 5) is 2.63. The molecule has 2 nitrogen and oxygen atoms in total. The van der Waals surface area contributed by atoms with Crippen LogP contribution in [0.15, 0.2) is 0 Å². The van der Waals surface area contributed by atoms with E-state index in [2.05, 4.69) is 17.1 Å². The van der Waals surface area contributed by atoms with Crippen LogP contribution in [0.25, 0.3) is 0 Å². The first kappa shape index (κ1) is 8.52. The first-order valence-corrected chi connectivity index (χ1v) is 5.30. The van der Waals surface area contributed by atoms with Crippen molar-refractivity contribution in [3.8, 4) is 0 Å². The fourth-order valence-electron chi connectivity index (χ4n) is 2.22. The minimum atomic E-state index is 0.707. The van der Waals surface area contributed by atoms with Crippen LogP contribution < -0.4 is 5.32 Å². The van der Waals surface area contributed by atoms with Crippen LogP contribution in [-0.2, 0) is 0 Å². The second kappa shape index (κ2) is 3.75. The highest BCUT2D eigenvalue weighted by Crippen LogP contribution is 2.27. The molecule has 1 heterocycles. The zero-order valence-electron chi connectivity index (χ0n) is 8.05. The summed E-state index contributed by atoms with van der Waals surface area (Å²) in [6.45, 7) is 7.37. The molecule has 2 aliphatic rings. The maximum atomic E-state index is 3.48. The molecule has 1 atom stereocenters. The molecule has 0 aromatic heterocycles. The summed E-state index contributed by atoms with van der Waals surface area (Å²) in [5.41, 5.74) is 0. The normalized spacial score (nSPS) is 33.2. The number of hydrogen-bond donors (Lipinski definition) is 1. The van der Waals surface area contributed by atoms with E-state index in [9.17, 15) is 0 Å². The third kappa shape index (κ3) is 1.99. The van der Waals surface area contributed by atoms with E-state index in [1.54, 1.807) is 0 Å². The van der Waals surface area contributed by atoms with Crippen molar-refractivity contribution in [2.45, 2.75) is 32.2 Å². The molecule has 12 heavy (non-hydrogen) atoms. The summed E-state index contributed by atoms with van der Waals surface area (Å²) in [6, 6.07) is 0.707.